The summed E-state index contributed by atoms with van der Waals surface area (Å²) in [5.74, 6) is 0.838. The van der Waals surface area contributed by atoms with Crippen LogP contribution in [0.1, 0.15) is 28.5 Å². The first kappa shape index (κ1) is 13.6. The Bertz CT molecular complexity index is 677. The maximum atomic E-state index is 5.17. The van der Waals surface area contributed by atoms with Crippen LogP contribution in [0.25, 0.3) is 0 Å². The monoisotopic (exact) mass is 278 g/mol. The van der Waals surface area contributed by atoms with Crippen molar-refractivity contribution in [2.75, 3.05) is 0 Å². The molecular formula is C18H18N2O. The third-order valence-corrected chi connectivity index (χ3v) is 3.60. The quantitative estimate of drug-likeness (QED) is 0.770. The molecule has 3 nitrogen and oxygen atoms in total. The number of nitrogens with zero attached hydrogens (tertiary/aromatic N) is 1. The van der Waals surface area contributed by atoms with E-state index in [9.17, 15) is 0 Å². The highest BCUT2D eigenvalue weighted by atomic mass is 16.5. The van der Waals surface area contributed by atoms with Gasteiger partial charge in [-0.1, -0.05) is 59.8 Å². The van der Waals surface area contributed by atoms with Crippen LogP contribution in [0.3, 0.4) is 0 Å². The summed E-state index contributed by atoms with van der Waals surface area (Å²) in [5.41, 5.74) is 3.80. The Morgan fingerprint density at radius 3 is 2.48 bits per heavy atom. The van der Waals surface area contributed by atoms with Crippen molar-refractivity contribution in [3.8, 4) is 0 Å². The summed E-state index contributed by atoms with van der Waals surface area (Å²) >= 11 is 0. The first-order chi connectivity index (χ1) is 10.3. The molecule has 1 heterocycles. The number of aryl methyl sites for hydroxylation is 1. The van der Waals surface area contributed by atoms with E-state index in [1.54, 1.807) is 6.20 Å². The molecule has 0 spiro atoms. The molecule has 0 amide bonds. The van der Waals surface area contributed by atoms with E-state index >= 15 is 0 Å². The van der Waals surface area contributed by atoms with Crippen LogP contribution >= 0.6 is 0 Å². The minimum Gasteiger partial charge on any atom is -0.360 e. The molecule has 1 N–H and O–H groups in total. The Balaban J connectivity index is 1.90. The van der Waals surface area contributed by atoms with Gasteiger partial charge in [0.05, 0.1) is 18.8 Å². The molecule has 0 bridgehead atoms. The van der Waals surface area contributed by atoms with E-state index in [2.05, 4.69) is 65.9 Å². The van der Waals surface area contributed by atoms with Gasteiger partial charge in [-0.15, -0.1) is 0 Å². The van der Waals surface area contributed by atoms with Crippen LogP contribution in [-0.4, -0.2) is 5.16 Å². The lowest BCUT2D eigenvalue weighted by Gasteiger charge is -2.21. The maximum absolute atomic E-state index is 5.17. The van der Waals surface area contributed by atoms with Crippen LogP contribution in [0.15, 0.2) is 71.4 Å². The lowest BCUT2D eigenvalue weighted by molar-refractivity contribution is 0.368. The lowest BCUT2D eigenvalue weighted by Crippen LogP contribution is -2.22. The van der Waals surface area contributed by atoms with Crippen LogP contribution in [0.5, 0.6) is 0 Å². The fourth-order valence-corrected chi connectivity index (χ4v) is 2.50. The number of hydrogen-bond acceptors (Lipinski definition) is 3. The molecule has 106 valence electrons. The second kappa shape index (κ2) is 6.37. The molecule has 0 aliphatic carbocycles. The topological polar surface area (TPSA) is 38.1 Å². The molecular weight excluding hydrogens is 260 g/mol. The van der Waals surface area contributed by atoms with Crippen LogP contribution in [0.4, 0.5) is 0 Å². The Morgan fingerprint density at radius 1 is 1.00 bits per heavy atom. The lowest BCUT2D eigenvalue weighted by atomic mass is 9.95. The molecule has 1 unspecified atom stereocenters. The minimum absolute atomic E-state index is 0.137. The second-order valence-corrected chi connectivity index (χ2v) is 5.06. The summed E-state index contributed by atoms with van der Waals surface area (Å²) in [4.78, 5) is 0. The van der Waals surface area contributed by atoms with Gasteiger partial charge in [0.25, 0.3) is 0 Å². The summed E-state index contributed by atoms with van der Waals surface area (Å²) in [5, 5.41) is 7.31. The van der Waals surface area contributed by atoms with Gasteiger partial charge in [-0.05, 0) is 23.6 Å². The molecule has 0 aliphatic heterocycles. The maximum Gasteiger partial charge on any atom is 0.150 e. The number of aromatic nitrogens is 1. The van der Waals surface area contributed by atoms with Gasteiger partial charge in [-0.2, -0.15) is 0 Å². The molecule has 0 saturated heterocycles. The van der Waals surface area contributed by atoms with Crippen molar-refractivity contribution in [3.05, 3.63) is 89.3 Å². The van der Waals surface area contributed by atoms with Crippen molar-refractivity contribution < 1.29 is 4.52 Å². The van der Waals surface area contributed by atoms with Gasteiger partial charge in [0.1, 0.15) is 5.76 Å². The summed E-state index contributed by atoms with van der Waals surface area (Å²) in [6, 6.07) is 20.9. The van der Waals surface area contributed by atoms with Gasteiger partial charge < -0.3 is 4.52 Å². The zero-order chi connectivity index (χ0) is 14.5. The molecule has 2 aromatic carbocycles. The normalized spacial score (nSPS) is 12.2. The number of hydrogen-bond donors (Lipinski definition) is 1. The fraction of sp³-hybridized carbons (Fsp3) is 0.167. The zero-order valence-corrected chi connectivity index (χ0v) is 12.0. The minimum atomic E-state index is 0.137. The van der Waals surface area contributed by atoms with Gasteiger partial charge in [-0.25, -0.2) is 0 Å². The van der Waals surface area contributed by atoms with Gasteiger partial charge in [-0.3, -0.25) is 5.32 Å². The number of nitrogens with one attached hydrogen (secondary N) is 1. The molecule has 3 aromatic rings. The number of benzene rings is 2. The molecule has 0 aliphatic rings. The fourth-order valence-electron chi connectivity index (χ4n) is 2.50. The average Bonchev–Trinajstić information content (AvgIpc) is 3.04. The summed E-state index contributed by atoms with van der Waals surface area (Å²) in [6.45, 7) is 2.79. The van der Waals surface area contributed by atoms with E-state index in [1.165, 1.54) is 16.7 Å². The molecule has 3 heteroatoms. The van der Waals surface area contributed by atoms with Crippen molar-refractivity contribution in [3.63, 3.8) is 0 Å². The van der Waals surface area contributed by atoms with Gasteiger partial charge >= 0.3 is 0 Å². The summed E-state index contributed by atoms with van der Waals surface area (Å²) < 4.78 is 5.17. The first-order valence-corrected chi connectivity index (χ1v) is 7.08. The van der Waals surface area contributed by atoms with Crippen LogP contribution in [-0.2, 0) is 6.54 Å². The highest BCUT2D eigenvalue weighted by Crippen LogP contribution is 2.25. The Kier molecular flexibility index (Phi) is 4.12. The Hall–Kier alpha value is -2.39. The van der Waals surface area contributed by atoms with E-state index in [0.29, 0.717) is 6.54 Å². The van der Waals surface area contributed by atoms with Crippen molar-refractivity contribution in [2.24, 2.45) is 0 Å². The third-order valence-electron chi connectivity index (χ3n) is 3.60. The van der Waals surface area contributed by atoms with Gasteiger partial charge in [0.15, 0.2) is 0 Å². The molecule has 1 atom stereocenters. The Morgan fingerprint density at radius 2 is 1.76 bits per heavy atom. The molecule has 1 aromatic heterocycles. The first-order valence-electron chi connectivity index (χ1n) is 7.08. The van der Waals surface area contributed by atoms with Crippen molar-refractivity contribution in [1.82, 2.24) is 10.5 Å². The van der Waals surface area contributed by atoms with E-state index in [4.69, 9.17) is 4.52 Å². The third kappa shape index (κ3) is 3.20. The van der Waals surface area contributed by atoms with E-state index < -0.39 is 0 Å². The zero-order valence-electron chi connectivity index (χ0n) is 12.0. The molecule has 21 heavy (non-hydrogen) atoms. The van der Waals surface area contributed by atoms with Crippen LogP contribution in [0, 0.1) is 6.92 Å². The SMILES string of the molecule is Cc1ccccc1C(NCc1ccno1)c1ccccc1. The molecule has 3 rings (SSSR count). The average molecular weight is 278 g/mol. The van der Waals surface area contributed by atoms with E-state index in [0.717, 1.165) is 5.76 Å². The van der Waals surface area contributed by atoms with Gasteiger partial charge in [0, 0.05) is 6.07 Å². The number of rotatable bonds is 5. The van der Waals surface area contributed by atoms with Crippen molar-refractivity contribution >= 4 is 0 Å². The Labute approximate surface area is 124 Å². The van der Waals surface area contributed by atoms with E-state index in [1.807, 2.05) is 12.1 Å². The van der Waals surface area contributed by atoms with Crippen LogP contribution in [0.2, 0.25) is 0 Å². The molecule has 0 fully saturated rings. The van der Waals surface area contributed by atoms with Crippen molar-refractivity contribution in [1.29, 1.82) is 0 Å². The van der Waals surface area contributed by atoms with Gasteiger partial charge in [0.2, 0.25) is 0 Å². The largest absolute Gasteiger partial charge is 0.360 e. The predicted octanol–water partition coefficient (Wildman–Crippen LogP) is 3.86. The second-order valence-electron chi connectivity index (χ2n) is 5.06. The summed E-state index contributed by atoms with van der Waals surface area (Å²) in [7, 11) is 0. The van der Waals surface area contributed by atoms with Crippen molar-refractivity contribution in [2.45, 2.75) is 19.5 Å². The highest BCUT2D eigenvalue weighted by molar-refractivity contribution is 5.36. The van der Waals surface area contributed by atoms with Crippen LogP contribution < -0.4 is 5.32 Å². The highest BCUT2D eigenvalue weighted by Gasteiger charge is 2.15. The van der Waals surface area contributed by atoms with E-state index in [-0.39, 0.29) is 6.04 Å². The summed E-state index contributed by atoms with van der Waals surface area (Å²) in [6.07, 6.45) is 1.67. The predicted molar refractivity (Wildman–Crippen MR) is 82.8 cm³/mol. The standard InChI is InChI=1S/C18H18N2O/c1-14-7-5-6-10-17(14)18(15-8-3-2-4-9-15)19-13-16-11-12-20-21-16/h2-12,18-19H,13H2,1H3. The molecule has 0 saturated carbocycles. The smallest absolute Gasteiger partial charge is 0.150 e. The molecule has 0 radical (unpaired) electrons.